The Morgan fingerprint density at radius 1 is 1.28 bits per heavy atom. The Balaban J connectivity index is 1.90. The standard InChI is InChI=1S/C23H21IN2O5S/c1-5-9-31-20-17(24)10-14(11-18(20)29-3)12-19-21(27)26(2)23(32-19)25-16-8-6-7-15(13-16)22(28)30-4/h5-8,10-13H,1,9H2,2-4H3. The number of amidine groups is 1. The number of hydrogen-bond donors (Lipinski definition) is 0. The van der Waals surface area contributed by atoms with E-state index in [-0.39, 0.29) is 5.91 Å². The quantitative estimate of drug-likeness (QED) is 0.207. The molecule has 1 saturated heterocycles. The summed E-state index contributed by atoms with van der Waals surface area (Å²) >= 11 is 3.43. The summed E-state index contributed by atoms with van der Waals surface area (Å²) in [6.07, 6.45) is 3.45. The molecule has 1 amide bonds. The SMILES string of the molecule is C=CCOc1c(I)cc(C=C2SC(=Nc3cccc(C(=O)OC)c3)N(C)C2=O)cc1OC. The van der Waals surface area contributed by atoms with E-state index in [2.05, 4.69) is 34.2 Å². The summed E-state index contributed by atoms with van der Waals surface area (Å²) in [5.74, 6) is 0.590. The van der Waals surface area contributed by atoms with E-state index in [0.717, 1.165) is 9.13 Å². The molecule has 0 atom stereocenters. The van der Waals surface area contributed by atoms with E-state index in [1.807, 2.05) is 12.1 Å². The van der Waals surface area contributed by atoms with Gasteiger partial charge in [-0.1, -0.05) is 18.7 Å². The zero-order valence-electron chi connectivity index (χ0n) is 17.8. The highest BCUT2D eigenvalue weighted by Crippen LogP contribution is 2.37. The fourth-order valence-corrected chi connectivity index (χ4v) is 4.61. The van der Waals surface area contributed by atoms with Gasteiger partial charge in [-0.3, -0.25) is 9.69 Å². The Morgan fingerprint density at radius 3 is 2.75 bits per heavy atom. The van der Waals surface area contributed by atoms with Gasteiger partial charge in [-0.05, 0) is 76.3 Å². The van der Waals surface area contributed by atoms with Gasteiger partial charge in [0.1, 0.15) is 6.61 Å². The molecule has 0 radical (unpaired) electrons. The van der Waals surface area contributed by atoms with Crippen LogP contribution in [-0.2, 0) is 9.53 Å². The van der Waals surface area contributed by atoms with Crippen LogP contribution in [0.2, 0.25) is 0 Å². The molecule has 0 bridgehead atoms. The predicted octanol–water partition coefficient (Wildman–Crippen LogP) is 4.89. The smallest absolute Gasteiger partial charge is 0.337 e. The van der Waals surface area contributed by atoms with Gasteiger partial charge in [0.25, 0.3) is 5.91 Å². The molecule has 7 nitrogen and oxygen atoms in total. The number of amides is 1. The molecule has 0 unspecified atom stereocenters. The fourth-order valence-electron chi connectivity index (χ4n) is 2.84. The van der Waals surface area contributed by atoms with Crippen LogP contribution in [0, 0.1) is 3.57 Å². The number of halogens is 1. The van der Waals surface area contributed by atoms with Crippen molar-refractivity contribution in [3.63, 3.8) is 0 Å². The summed E-state index contributed by atoms with van der Waals surface area (Å²) < 4.78 is 16.7. The summed E-state index contributed by atoms with van der Waals surface area (Å²) in [5.41, 5.74) is 1.74. The molecule has 2 aromatic carbocycles. The van der Waals surface area contributed by atoms with Crippen molar-refractivity contribution in [1.29, 1.82) is 0 Å². The van der Waals surface area contributed by atoms with Gasteiger partial charge in [-0.25, -0.2) is 9.79 Å². The van der Waals surface area contributed by atoms with Crippen LogP contribution >= 0.6 is 34.4 Å². The van der Waals surface area contributed by atoms with Gasteiger partial charge in [-0.15, -0.1) is 0 Å². The highest BCUT2D eigenvalue weighted by Gasteiger charge is 2.30. The number of aliphatic imine (C=N–C) groups is 1. The predicted molar refractivity (Wildman–Crippen MR) is 135 cm³/mol. The van der Waals surface area contributed by atoms with Crippen molar-refractivity contribution in [3.8, 4) is 11.5 Å². The van der Waals surface area contributed by atoms with Crippen LogP contribution < -0.4 is 9.47 Å². The second-order valence-corrected chi connectivity index (χ2v) is 8.72. The molecule has 1 heterocycles. The number of nitrogens with zero attached hydrogens (tertiary/aromatic N) is 2. The number of esters is 1. The van der Waals surface area contributed by atoms with Gasteiger partial charge in [0.15, 0.2) is 16.7 Å². The lowest BCUT2D eigenvalue weighted by Crippen LogP contribution is -2.23. The topological polar surface area (TPSA) is 77.4 Å². The highest BCUT2D eigenvalue weighted by atomic mass is 127. The minimum atomic E-state index is -0.444. The summed E-state index contributed by atoms with van der Waals surface area (Å²) in [5, 5.41) is 0.510. The zero-order valence-corrected chi connectivity index (χ0v) is 20.7. The maximum absolute atomic E-state index is 12.8. The number of carbonyl (C=O) groups excluding carboxylic acids is 2. The van der Waals surface area contributed by atoms with E-state index in [1.165, 1.54) is 23.8 Å². The van der Waals surface area contributed by atoms with Gasteiger partial charge in [0.2, 0.25) is 0 Å². The second kappa shape index (κ2) is 10.7. The Labute approximate surface area is 204 Å². The van der Waals surface area contributed by atoms with Crippen molar-refractivity contribution in [2.75, 3.05) is 27.9 Å². The second-order valence-electron chi connectivity index (χ2n) is 6.54. The first-order valence-electron chi connectivity index (χ1n) is 9.43. The largest absolute Gasteiger partial charge is 0.493 e. The molecule has 1 aliphatic heterocycles. The molecule has 1 aliphatic rings. The Hall–Kier alpha value is -2.79. The summed E-state index contributed by atoms with van der Waals surface area (Å²) in [7, 11) is 4.56. The van der Waals surface area contributed by atoms with Gasteiger partial charge in [0, 0.05) is 7.05 Å². The normalized spacial score (nSPS) is 15.9. The number of benzene rings is 2. The van der Waals surface area contributed by atoms with Crippen molar-refractivity contribution in [2.45, 2.75) is 0 Å². The number of likely N-dealkylation sites (N-methyl/N-ethyl adjacent to an activating group) is 1. The third kappa shape index (κ3) is 5.33. The van der Waals surface area contributed by atoms with Gasteiger partial charge in [-0.2, -0.15) is 0 Å². The Bertz CT molecular complexity index is 1130. The maximum Gasteiger partial charge on any atom is 0.337 e. The molecule has 0 N–H and O–H groups in total. The molecule has 0 aliphatic carbocycles. The summed E-state index contributed by atoms with van der Waals surface area (Å²) in [6, 6.07) is 10.5. The van der Waals surface area contributed by atoms with Crippen molar-refractivity contribution < 1.29 is 23.8 Å². The van der Waals surface area contributed by atoms with E-state index in [0.29, 0.717) is 39.4 Å². The molecule has 3 rings (SSSR count). The maximum atomic E-state index is 12.8. The van der Waals surface area contributed by atoms with Gasteiger partial charge >= 0.3 is 5.97 Å². The van der Waals surface area contributed by atoms with E-state index in [1.54, 1.807) is 50.6 Å². The minimum absolute atomic E-state index is 0.168. The number of methoxy groups -OCH3 is 2. The van der Waals surface area contributed by atoms with Crippen LogP contribution in [0.4, 0.5) is 5.69 Å². The molecule has 0 aromatic heterocycles. The molecular formula is C23H21IN2O5S. The van der Waals surface area contributed by atoms with E-state index in [4.69, 9.17) is 14.2 Å². The van der Waals surface area contributed by atoms with Crippen LogP contribution in [-0.4, -0.2) is 49.8 Å². The molecule has 166 valence electrons. The van der Waals surface area contributed by atoms with Gasteiger partial charge < -0.3 is 14.2 Å². The summed E-state index contributed by atoms with van der Waals surface area (Å²) in [6.45, 7) is 4.02. The van der Waals surface area contributed by atoms with Gasteiger partial charge in [0.05, 0.1) is 33.9 Å². The monoisotopic (exact) mass is 564 g/mol. The first kappa shape index (κ1) is 23.9. The highest BCUT2D eigenvalue weighted by molar-refractivity contribution is 14.1. The van der Waals surface area contributed by atoms with Crippen LogP contribution in [0.5, 0.6) is 11.5 Å². The lowest BCUT2D eigenvalue weighted by molar-refractivity contribution is -0.121. The first-order chi connectivity index (χ1) is 15.4. The van der Waals surface area contributed by atoms with Crippen LogP contribution in [0.3, 0.4) is 0 Å². The van der Waals surface area contributed by atoms with E-state index in [9.17, 15) is 9.59 Å². The van der Waals surface area contributed by atoms with Crippen molar-refractivity contribution in [1.82, 2.24) is 4.90 Å². The van der Waals surface area contributed by atoms with E-state index >= 15 is 0 Å². The number of rotatable bonds is 7. The number of thioether (sulfide) groups is 1. The molecule has 0 spiro atoms. The van der Waals surface area contributed by atoms with Crippen LogP contribution in [0.15, 0.2) is 59.0 Å². The third-order valence-electron chi connectivity index (χ3n) is 4.39. The molecule has 0 saturated carbocycles. The first-order valence-corrected chi connectivity index (χ1v) is 11.3. The lowest BCUT2D eigenvalue weighted by atomic mass is 10.2. The fraction of sp³-hybridized carbons (Fsp3) is 0.174. The summed E-state index contributed by atoms with van der Waals surface area (Å²) in [4.78, 5) is 31.1. The van der Waals surface area contributed by atoms with Crippen LogP contribution in [0.25, 0.3) is 6.08 Å². The van der Waals surface area contributed by atoms with E-state index < -0.39 is 5.97 Å². The molecule has 1 fully saturated rings. The molecule has 9 heteroatoms. The number of carbonyl (C=O) groups is 2. The van der Waals surface area contributed by atoms with Crippen molar-refractivity contribution >= 4 is 63.2 Å². The number of ether oxygens (including phenoxy) is 3. The average Bonchev–Trinajstić information content (AvgIpc) is 3.05. The van der Waals surface area contributed by atoms with Crippen LogP contribution in [0.1, 0.15) is 15.9 Å². The Morgan fingerprint density at radius 2 is 2.06 bits per heavy atom. The minimum Gasteiger partial charge on any atom is -0.493 e. The Kier molecular flexibility index (Phi) is 7.97. The van der Waals surface area contributed by atoms with Crippen molar-refractivity contribution in [3.05, 3.63) is 68.7 Å². The zero-order chi connectivity index (χ0) is 23.3. The van der Waals surface area contributed by atoms with Crippen molar-refractivity contribution in [2.24, 2.45) is 4.99 Å². The lowest BCUT2D eigenvalue weighted by Gasteiger charge is -2.12. The third-order valence-corrected chi connectivity index (χ3v) is 6.25. The molecule has 2 aromatic rings. The molecular weight excluding hydrogens is 543 g/mol. The molecule has 32 heavy (non-hydrogen) atoms. The average molecular weight is 564 g/mol. The number of hydrogen-bond acceptors (Lipinski definition) is 7.